The number of hydrogen-bond donors (Lipinski definition) is 2. The van der Waals surface area contributed by atoms with E-state index in [0.717, 1.165) is 22.8 Å². The number of nitrogens with one attached hydrogen (secondary N) is 1. The van der Waals surface area contributed by atoms with E-state index >= 15 is 0 Å². The lowest BCUT2D eigenvalue weighted by molar-refractivity contribution is -0.131. The van der Waals surface area contributed by atoms with Crippen molar-refractivity contribution < 1.29 is 23.8 Å². The molecule has 0 aromatic heterocycles. The molecule has 2 aromatic rings. The third-order valence-corrected chi connectivity index (χ3v) is 5.44. The summed E-state index contributed by atoms with van der Waals surface area (Å²) in [4.78, 5) is 23.2. The number of hydrogen-bond acceptors (Lipinski definition) is 4. The van der Waals surface area contributed by atoms with E-state index in [2.05, 4.69) is 5.32 Å². The van der Waals surface area contributed by atoms with Crippen molar-refractivity contribution in [1.29, 1.82) is 0 Å². The van der Waals surface area contributed by atoms with Crippen molar-refractivity contribution >= 4 is 23.4 Å². The van der Waals surface area contributed by atoms with Gasteiger partial charge in [0, 0.05) is 36.6 Å². The van der Waals surface area contributed by atoms with E-state index in [1.54, 1.807) is 18.2 Å². The maximum absolute atomic E-state index is 13.3. The van der Waals surface area contributed by atoms with Crippen molar-refractivity contribution in [2.75, 3.05) is 6.54 Å². The van der Waals surface area contributed by atoms with Crippen LogP contribution in [0.1, 0.15) is 22.3 Å². The minimum Gasteiger partial charge on any atom is -0.484 e. The summed E-state index contributed by atoms with van der Waals surface area (Å²) in [6.07, 6.45) is 1.95. The second kappa shape index (κ2) is 7.97. The van der Waals surface area contributed by atoms with E-state index in [9.17, 15) is 14.0 Å². The van der Waals surface area contributed by atoms with Crippen molar-refractivity contribution in [3.63, 3.8) is 0 Å². The average Bonchev–Trinajstić information content (AvgIpc) is 3.32. The minimum absolute atomic E-state index is 0.106. The van der Waals surface area contributed by atoms with Gasteiger partial charge in [0.2, 0.25) is 0 Å². The predicted octanol–water partition coefficient (Wildman–Crippen LogP) is 3.83. The fourth-order valence-corrected chi connectivity index (χ4v) is 4.01. The molecule has 2 heterocycles. The predicted molar refractivity (Wildman–Crippen MR) is 107 cm³/mol. The first-order valence-corrected chi connectivity index (χ1v) is 9.71. The highest BCUT2D eigenvalue weighted by molar-refractivity contribution is 6.32. The van der Waals surface area contributed by atoms with Gasteiger partial charge in [-0.15, -0.1) is 0 Å². The number of rotatable bonds is 5. The van der Waals surface area contributed by atoms with Gasteiger partial charge < -0.3 is 15.2 Å². The molecule has 2 aromatic carbocycles. The molecule has 0 spiro atoms. The molecule has 2 aliphatic heterocycles. The number of fused-ring (bicyclic) bond motifs is 1. The Morgan fingerprint density at radius 2 is 1.97 bits per heavy atom. The fraction of sp³-hybridized carbons (Fsp3) is 0.273. The SMILES string of the molecule is O=C(O)/C=C/C1Cc2cc(-c3ccc(C(=O)C4CC(F)CN4)cc3)cc(Cl)c2O1. The van der Waals surface area contributed by atoms with Gasteiger partial charge in [-0.3, -0.25) is 4.79 Å². The van der Waals surface area contributed by atoms with E-state index in [4.69, 9.17) is 21.4 Å². The van der Waals surface area contributed by atoms with E-state index in [-0.39, 0.29) is 24.9 Å². The molecule has 0 bridgehead atoms. The lowest BCUT2D eigenvalue weighted by atomic mass is 9.97. The second-order valence-corrected chi connectivity index (χ2v) is 7.65. The number of benzene rings is 2. The van der Waals surface area contributed by atoms with Gasteiger partial charge in [0.05, 0.1) is 11.1 Å². The zero-order chi connectivity index (χ0) is 20.5. The highest BCUT2D eigenvalue weighted by Crippen LogP contribution is 2.40. The first kappa shape index (κ1) is 19.6. The smallest absolute Gasteiger partial charge is 0.328 e. The van der Waals surface area contributed by atoms with Gasteiger partial charge in [-0.2, -0.15) is 0 Å². The van der Waals surface area contributed by atoms with Crippen LogP contribution in [0.2, 0.25) is 5.02 Å². The van der Waals surface area contributed by atoms with Crippen LogP contribution >= 0.6 is 11.6 Å². The largest absolute Gasteiger partial charge is 0.484 e. The lowest BCUT2D eigenvalue weighted by Crippen LogP contribution is -2.30. The molecular formula is C22H19ClFNO4. The molecule has 0 amide bonds. The van der Waals surface area contributed by atoms with Crippen LogP contribution in [-0.2, 0) is 11.2 Å². The number of carboxylic acid groups (broad SMARTS) is 1. The van der Waals surface area contributed by atoms with Crippen LogP contribution in [0.3, 0.4) is 0 Å². The number of aliphatic carboxylic acids is 1. The molecule has 3 atom stereocenters. The van der Waals surface area contributed by atoms with Crippen LogP contribution in [-0.4, -0.2) is 41.7 Å². The van der Waals surface area contributed by atoms with Gasteiger partial charge in [0.25, 0.3) is 0 Å². The summed E-state index contributed by atoms with van der Waals surface area (Å²) in [5.41, 5.74) is 3.20. The van der Waals surface area contributed by atoms with E-state index in [0.29, 0.717) is 22.8 Å². The van der Waals surface area contributed by atoms with E-state index in [1.807, 2.05) is 18.2 Å². The summed E-state index contributed by atoms with van der Waals surface area (Å²) in [5.74, 6) is -0.568. The van der Waals surface area contributed by atoms with Crippen LogP contribution in [0.4, 0.5) is 4.39 Å². The Hall–Kier alpha value is -2.70. The lowest BCUT2D eigenvalue weighted by Gasteiger charge is -2.10. The Labute approximate surface area is 172 Å². The number of ether oxygens (including phenoxy) is 1. The van der Waals surface area contributed by atoms with Crippen molar-refractivity contribution in [3.05, 3.63) is 64.7 Å². The standard InChI is InChI=1S/C22H19ClFNO4/c23-18-9-14(7-15-8-17(29-22(15)18)5-6-20(26)27)12-1-3-13(4-2-12)21(28)19-10-16(24)11-25-19/h1-7,9,16-17,19,25H,8,10-11H2,(H,26,27)/b6-5+. The summed E-state index contributed by atoms with van der Waals surface area (Å²) in [7, 11) is 0. The van der Waals surface area contributed by atoms with Crippen molar-refractivity contribution in [1.82, 2.24) is 5.32 Å². The number of carbonyl (C=O) groups excluding carboxylic acids is 1. The minimum atomic E-state index is -1.03. The van der Waals surface area contributed by atoms with Crippen molar-refractivity contribution in [3.8, 4) is 16.9 Å². The topological polar surface area (TPSA) is 75.6 Å². The molecule has 7 heteroatoms. The fourth-order valence-electron chi connectivity index (χ4n) is 3.73. The van der Waals surface area contributed by atoms with Gasteiger partial charge in [-0.05, 0) is 29.3 Å². The summed E-state index contributed by atoms with van der Waals surface area (Å²) in [6, 6.07) is 10.4. The molecule has 2 N–H and O–H groups in total. The van der Waals surface area contributed by atoms with E-state index in [1.165, 1.54) is 6.08 Å². The zero-order valence-electron chi connectivity index (χ0n) is 15.4. The summed E-state index contributed by atoms with van der Waals surface area (Å²) < 4.78 is 19.1. The highest BCUT2D eigenvalue weighted by atomic mass is 35.5. The molecule has 2 aliphatic rings. The zero-order valence-corrected chi connectivity index (χ0v) is 16.2. The van der Waals surface area contributed by atoms with Crippen LogP contribution in [0.15, 0.2) is 48.6 Å². The molecule has 0 saturated carbocycles. The van der Waals surface area contributed by atoms with Crippen molar-refractivity contribution in [2.24, 2.45) is 0 Å². The molecule has 3 unspecified atom stereocenters. The Kier molecular flexibility index (Phi) is 5.39. The van der Waals surface area contributed by atoms with Crippen LogP contribution in [0, 0.1) is 0 Å². The number of carboxylic acids is 1. The number of ketones is 1. The second-order valence-electron chi connectivity index (χ2n) is 7.24. The third-order valence-electron chi connectivity index (χ3n) is 5.16. The monoisotopic (exact) mass is 415 g/mol. The molecule has 29 heavy (non-hydrogen) atoms. The van der Waals surface area contributed by atoms with Crippen LogP contribution in [0.25, 0.3) is 11.1 Å². The van der Waals surface area contributed by atoms with Gasteiger partial charge >= 0.3 is 5.97 Å². The molecular weight excluding hydrogens is 397 g/mol. The molecule has 150 valence electrons. The quantitative estimate of drug-likeness (QED) is 0.573. The first-order chi connectivity index (χ1) is 13.9. The molecule has 0 radical (unpaired) electrons. The number of alkyl halides is 1. The Morgan fingerprint density at radius 1 is 1.21 bits per heavy atom. The van der Waals surface area contributed by atoms with E-state index < -0.39 is 18.2 Å². The number of halogens is 2. The van der Waals surface area contributed by atoms with Gasteiger partial charge in [0.15, 0.2) is 5.78 Å². The van der Waals surface area contributed by atoms with Crippen LogP contribution in [0.5, 0.6) is 5.75 Å². The number of carbonyl (C=O) groups is 2. The molecule has 4 rings (SSSR count). The number of Topliss-reactive ketones (excluding diaryl/α,β-unsaturated/α-hetero) is 1. The third kappa shape index (κ3) is 4.18. The Morgan fingerprint density at radius 3 is 2.62 bits per heavy atom. The molecule has 5 nitrogen and oxygen atoms in total. The molecule has 1 saturated heterocycles. The average molecular weight is 416 g/mol. The molecule has 0 aliphatic carbocycles. The Balaban J connectivity index is 1.53. The summed E-state index contributed by atoms with van der Waals surface area (Å²) >= 11 is 6.37. The Bertz CT molecular complexity index is 989. The molecule has 1 fully saturated rings. The highest BCUT2D eigenvalue weighted by Gasteiger charge is 2.30. The first-order valence-electron chi connectivity index (χ1n) is 9.33. The van der Waals surface area contributed by atoms with Crippen molar-refractivity contribution in [2.45, 2.75) is 31.2 Å². The summed E-state index contributed by atoms with van der Waals surface area (Å²) in [5, 5.41) is 12.1. The van der Waals surface area contributed by atoms with Gasteiger partial charge in [0.1, 0.15) is 18.0 Å². The van der Waals surface area contributed by atoms with Gasteiger partial charge in [-0.25, -0.2) is 9.18 Å². The maximum atomic E-state index is 13.3. The van der Waals surface area contributed by atoms with Crippen LogP contribution < -0.4 is 10.1 Å². The summed E-state index contributed by atoms with van der Waals surface area (Å²) in [6.45, 7) is 0.215. The van der Waals surface area contributed by atoms with Gasteiger partial charge in [-0.1, -0.05) is 35.9 Å². The maximum Gasteiger partial charge on any atom is 0.328 e. The normalized spacial score (nSPS) is 23.2.